The number of amides is 1. The average Bonchev–Trinajstić information content (AvgIpc) is 3.15. The Labute approximate surface area is 221 Å². The monoisotopic (exact) mass is 507 g/mol. The normalized spacial score (nSPS) is 21.4. The number of benzene rings is 2. The van der Waals surface area contributed by atoms with Gasteiger partial charge in [-0.25, -0.2) is 0 Å². The van der Waals surface area contributed by atoms with Crippen molar-refractivity contribution in [2.75, 3.05) is 72.8 Å². The Hall–Kier alpha value is -2.45. The van der Waals surface area contributed by atoms with Gasteiger partial charge in [0, 0.05) is 64.0 Å². The van der Waals surface area contributed by atoms with Gasteiger partial charge in [-0.15, -0.1) is 0 Å². The van der Waals surface area contributed by atoms with Gasteiger partial charge in [-0.3, -0.25) is 9.69 Å². The van der Waals surface area contributed by atoms with Crippen LogP contribution < -0.4 is 4.74 Å². The SMILES string of the molecule is CN1CCCN(C(=O)c2ccc3c(c2)Cc2cccc(c2)CN(C2CCOCC2)CCOCCO3)CC1. The Morgan fingerprint density at radius 3 is 2.57 bits per heavy atom. The van der Waals surface area contributed by atoms with Gasteiger partial charge >= 0.3 is 0 Å². The summed E-state index contributed by atoms with van der Waals surface area (Å²) in [4.78, 5) is 20.2. The van der Waals surface area contributed by atoms with Crippen molar-refractivity contribution in [1.82, 2.24) is 14.7 Å². The molecule has 0 unspecified atom stereocenters. The molecule has 0 aliphatic carbocycles. The second-order valence-corrected chi connectivity index (χ2v) is 10.5. The highest BCUT2D eigenvalue weighted by atomic mass is 16.5. The molecule has 37 heavy (non-hydrogen) atoms. The second kappa shape index (κ2) is 12.9. The van der Waals surface area contributed by atoms with Crippen LogP contribution in [0.1, 0.15) is 46.3 Å². The molecule has 7 nitrogen and oxygen atoms in total. The zero-order valence-electron chi connectivity index (χ0n) is 22.2. The molecule has 3 aliphatic rings. The predicted molar refractivity (Wildman–Crippen MR) is 144 cm³/mol. The third-order valence-corrected chi connectivity index (χ3v) is 7.80. The molecule has 5 rings (SSSR count). The van der Waals surface area contributed by atoms with Crippen molar-refractivity contribution in [3.63, 3.8) is 0 Å². The summed E-state index contributed by atoms with van der Waals surface area (Å²) in [7, 11) is 2.12. The van der Waals surface area contributed by atoms with Gasteiger partial charge in [0.15, 0.2) is 0 Å². The first kappa shape index (κ1) is 26.2. The van der Waals surface area contributed by atoms with E-state index in [0.29, 0.717) is 25.9 Å². The summed E-state index contributed by atoms with van der Waals surface area (Å²) >= 11 is 0. The van der Waals surface area contributed by atoms with Crippen LogP contribution in [0.2, 0.25) is 0 Å². The van der Waals surface area contributed by atoms with E-state index < -0.39 is 0 Å². The molecular formula is C30H41N3O4. The molecule has 1 amide bonds. The van der Waals surface area contributed by atoms with E-state index in [1.807, 2.05) is 23.1 Å². The fraction of sp³-hybridized carbons (Fsp3) is 0.567. The van der Waals surface area contributed by atoms with Gasteiger partial charge in [0.2, 0.25) is 0 Å². The third kappa shape index (κ3) is 7.11. The molecule has 0 radical (unpaired) electrons. The van der Waals surface area contributed by atoms with Gasteiger partial charge in [0.1, 0.15) is 12.4 Å². The van der Waals surface area contributed by atoms with Crippen LogP contribution in [0, 0.1) is 0 Å². The van der Waals surface area contributed by atoms with Crippen molar-refractivity contribution >= 4 is 5.91 Å². The Bertz CT molecular complexity index is 1040. The number of likely N-dealkylation sites (N-methyl/N-ethyl adjacent to an activating group) is 1. The first-order chi connectivity index (χ1) is 18.2. The maximum absolute atomic E-state index is 13.4. The van der Waals surface area contributed by atoms with E-state index >= 15 is 0 Å². The maximum atomic E-state index is 13.4. The van der Waals surface area contributed by atoms with Crippen molar-refractivity contribution in [2.45, 2.75) is 38.3 Å². The van der Waals surface area contributed by atoms with Crippen molar-refractivity contribution in [2.24, 2.45) is 0 Å². The molecule has 0 atom stereocenters. The number of hydrogen-bond acceptors (Lipinski definition) is 6. The smallest absolute Gasteiger partial charge is 0.253 e. The molecule has 2 fully saturated rings. The van der Waals surface area contributed by atoms with Crippen molar-refractivity contribution < 1.29 is 19.0 Å². The van der Waals surface area contributed by atoms with Gasteiger partial charge < -0.3 is 24.0 Å². The number of hydrogen-bond donors (Lipinski definition) is 0. The molecular weight excluding hydrogens is 466 g/mol. The zero-order chi connectivity index (χ0) is 25.5. The first-order valence-electron chi connectivity index (χ1n) is 13.9. The summed E-state index contributed by atoms with van der Waals surface area (Å²) in [6.07, 6.45) is 3.87. The Balaban J connectivity index is 1.38. The first-order valence-corrected chi connectivity index (χ1v) is 13.9. The van der Waals surface area contributed by atoms with Crippen LogP contribution in [0.4, 0.5) is 0 Å². The number of ether oxygens (including phenoxy) is 3. The highest BCUT2D eigenvalue weighted by Crippen LogP contribution is 2.26. The molecule has 2 aromatic carbocycles. The fourth-order valence-corrected chi connectivity index (χ4v) is 5.65. The lowest BCUT2D eigenvalue weighted by atomic mass is 9.99. The fourth-order valence-electron chi connectivity index (χ4n) is 5.65. The van der Waals surface area contributed by atoms with Crippen LogP contribution >= 0.6 is 0 Å². The van der Waals surface area contributed by atoms with Gasteiger partial charge in [-0.2, -0.15) is 0 Å². The van der Waals surface area contributed by atoms with Crippen molar-refractivity contribution in [3.8, 4) is 5.75 Å². The number of carbonyl (C=O) groups excluding carboxylic acids is 1. The second-order valence-electron chi connectivity index (χ2n) is 10.5. The summed E-state index contributed by atoms with van der Waals surface area (Å²) in [6.45, 7) is 8.74. The summed E-state index contributed by atoms with van der Waals surface area (Å²) < 4.78 is 17.8. The van der Waals surface area contributed by atoms with E-state index in [0.717, 1.165) is 95.0 Å². The predicted octanol–water partition coefficient (Wildman–Crippen LogP) is 3.45. The number of rotatable bonds is 2. The minimum atomic E-state index is 0.113. The van der Waals surface area contributed by atoms with Gasteiger partial charge in [0.05, 0.1) is 13.2 Å². The highest BCUT2D eigenvalue weighted by molar-refractivity contribution is 5.94. The summed E-state index contributed by atoms with van der Waals surface area (Å²) in [6, 6.07) is 15.3. The topological polar surface area (TPSA) is 54.5 Å². The Morgan fingerprint density at radius 1 is 0.838 bits per heavy atom. The molecule has 200 valence electrons. The lowest BCUT2D eigenvalue weighted by Crippen LogP contribution is -2.41. The van der Waals surface area contributed by atoms with E-state index in [4.69, 9.17) is 14.2 Å². The highest BCUT2D eigenvalue weighted by Gasteiger charge is 2.23. The Morgan fingerprint density at radius 2 is 1.68 bits per heavy atom. The molecule has 2 aromatic rings. The molecule has 3 heterocycles. The molecule has 0 aromatic heterocycles. The van der Waals surface area contributed by atoms with Gasteiger partial charge in [-0.1, -0.05) is 24.3 Å². The minimum Gasteiger partial charge on any atom is -0.491 e. The molecule has 0 spiro atoms. The van der Waals surface area contributed by atoms with Crippen LogP contribution in [-0.2, 0) is 22.4 Å². The summed E-state index contributed by atoms with van der Waals surface area (Å²) in [5.41, 5.74) is 4.34. The quantitative estimate of drug-likeness (QED) is 0.621. The standard InChI is InChI=1S/C30H41N3O4/c1-31-10-3-11-32(13-12-31)30(34)26-6-7-29-27(22-26)21-24-4-2-5-25(20-24)23-33(14-17-36-18-19-37-29)28-8-15-35-16-9-28/h2,4-7,20,22,28H,3,8-19,21,23H2,1H3. The van der Waals surface area contributed by atoms with Gasteiger partial charge in [0.25, 0.3) is 5.91 Å². The van der Waals surface area contributed by atoms with Crippen LogP contribution in [0.5, 0.6) is 5.75 Å². The molecule has 3 aliphatic heterocycles. The molecule has 2 bridgehead atoms. The van der Waals surface area contributed by atoms with E-state index in [2.05, 4.69) is 41.1 Å². The largest absolute Gasteiger partial charge is 0.491 e. The van der Waals surface area contributed by atoms with Crippen molar-refractivity contribution in [1.29, 1.82) is 0 Å². The van der Waals surface area contributed by atoms with Crippen LogP contribution in [0.25, 0.3) is 0 Å². The van der Waals surface area contributed by atoms with Gasteiger partial charge in [-0.05, 0) is 67.7 Å². The third-order valence-electron chi connectivity index (χ3n) is 7.80. The molecule has 0 saturated carbocycles. The van der Waals surface area contributed by atoms with Crippen molar-refractivity contribution in [3.05, 3.63) is 64.7 Å². The van der Waals surface area contributed by atoms with Crippen LogP contribution in [0.15, 0.2) is 42.5 Å². The lowest BCUT2D eigenvalue weighted by molar-refractivity contribution is 0.0133. The molecule has 7 heteroatoms. The average molecular weight is 508 g/mol. The van der Waals surface area contributed by atoms with Crippen LogP contribution in [0.3, 0.4) is 0 Å². The lowest BCUT2D eigenvalue weighted by Gasteiger charge is -2.34. The van der Waals surface area contributed by atoms with E-state index in [1.165, 1.54) is 11.1 Å². The maximum Gasteiger partial charge on any atom is 0.253 e. The zero-order valence-corrected chi connectivity index (χ0v) is 22.2. The van der Waals surface area contributed by atoms with E-state index in [9.17, 15) is 4.79 Å². The number of carbonyl (C=O) groups is 1. The molecule has 2 saturated heterocycles. The van der Waals surface area contributed by atoms with E-state index in [-0.39, 0.29) is 5.91 Å². The summed E-state index contributed by atoms with van der Waals surface area (Å²) in [5.74, 6) is 0.948. The summed E-state index contributed by atoms with van der Waals surface area (Å²) in [5, 5.41) is 0. The number of nitrogens with zero attached hydrogens (tertiary/aromatic N) is 3. The Kier molecular flexibility index (Phi) is 9.10. The molecule has 0 N–H and O–H groups in total. The number of fused-ring (bicyclic) bond motifs is 3. The van der Waals surface area contributed by atoms with E-state index in [1.54, 1.807) is 0 Å². The minimum absolute atomic E-state index is 0.113. The van der Waals surface area contributed by atoms with Crippen LogP contribution in [-0.4, -0.2) is 99.5 Å².